The van der Waals surface area contributed by atoms with Gasteiger partial charge in [0.1, 0.15) is 4.83 Å². The van der Waals surface area contributed by atoms with Gasteiger partial charge in [-0.3, -0.25) is 4.79 Å². The van der Waals surface area contributed by atoms with Crippen LogP contribution in [0.1, 0.15) is 17.5 Å². The van der Waals surface area contributed by atoms with E-state index in [1.807, 2.05) is 17.5 Å². The van der Waals surface area contributed by atoms with Crippen molar-refractivity contribution in [1.82, 2.24) is 9.97 Å². The molecule has 22 heavy (non-hydrogen) atoms. The maximum Gasteiger partial charge on any atom is 0.374 e. The van der Waals surface area contributed by atoms with Crippen LogP contribution >= 0.6 is 22.9 Å². The van der Waals surface area contributed by atoms with Gasteiger partial charge in [0.05, 0.1) is 12.0 Å². The number of thiophene rings is 1. The van der Waals surface area contributed by atoms with Crippen molar-refractivity contribution in [3.63, 3.8) is 0 Å². The lowest BCUT2D eigenvalue weighted by Gasteiger charge is -2.02. The molecule has 0 radical (unpaired) electrons. The number of aromatic nitrogens is 2. The second-order valence-corrected chi connectivity index (χ2v) is 5.77. The lowest BCUT2D eigenvalue weighted by Crippen LogP contribution is -2.17. The van der Waals surface area contributed by atoms with Gasteiger partial charge in [0.25, 0.3) is 5.56 Å². The normalized spacial score (nSPS) is 10.8. The molecule has 5 nitrogen and oxygen atoms in total. The first-order valence-electron chi connectivity index (χ1n) is 6.54. The Labute approximate surface area is 134 Å². The van der Waals surface area contributed by atoms with Crippen molar-refractivity contribution in [2.45, 2.75) is 6.92 Å². The van der Waals surface area contributed by atoms with Crippen molar-refractivity contribution in [2.24, 2.45) is 0 Å². The highest BCUT2D eigenvalue weighted by Crippen LogP contribution is 2.31. The van der Waals surface area contributed by atoms with Crippen LogP contribution in [0, 0.1) is 0 Å². The van der Waals surface area contributed by atoms with Crippen LogP contribution in [0.5, 0.6) is 0 Å². The van der Waals surface area contributed by atoms with E-state index in [0.29, 0.717) is 15.2 Å². The minimum Gasteiger partial charge on any atom is -0.460 e. The van der Waals surface area contributed by atoms with Crippen molar-refractivity contribution >= 4 is 39.1 Å². The number of carbonyl (C=O) groups is 1. The molecule has 1 aromatic carbocycles. The van der Waals surface area contributed by atoms with E-state index in [9.17, 15) is 9.59 Å². The van der Waals surface area contributed by atoms with Crippen LogP contribution in [0.3, 0.4) is 0 Å². The van der Waals surface area contributed by atoms with Crippen molar-refractivity contribution in [3.8, 4) is 11.1 Å². The molecule has 0 amide bonds. The van der Waals surface area contributed by atoms with Gasteiger partial charge in [0, 0.05) is 16.0 Å². The number of rotatable bonds is 3. The number of carbonyl (C=O) groups excluding carboxylic acids is 1. The van der Waals surface area contributed by atoms with E-state index in [-0.39, 0.29) is 18.0 Å². The zero-order valence-electron chi connectivity index (χ0n) is 11.6. The Morgan fingerprint density at radius 2 is 2.09 bits per heavy atom. The van der Waals surface area contributed by atoms with Crippen LogP contribution in [0.15, 0.2) is 34.4 Å². The smallest absolute Gasteiger partial charge is 0.374 e. The monoisotopic (exact) mass is 334 g/mol. The average Bonchev–Trinajstić information content (AvgIpc) is 2.93. The summed E-state index contributed by atoms with van der Waals surface area (Å²) >= 11 is 7.18. The lowest BCUT2D eigenvalue weighted by atomic mass is 10.1. The van der Waals surface area contributed by atoms with Gasteiger partial charge in [-0.25, -0.2) is 9.78 Å². The number of nitrogens with one attached hydrogen (secondary N) is 1. The molecule has 0 unspecified atom stereocenters. The highest BCUT2D eigenvalue weighted by atomic mass is 35.5. The number of hydrogen-bond donors (Lipinski definition) is 1. The molecule has 112 valence electrons. The van der Waals surface area contributed by atoms with Gasteiger partial charge in [-0.15, -0.1) is 11.3 Å². The highest BCUT2D eigenvalue weighted by Gasteiger charge is 2.16. The number of halogens is 1. The Kier molecular flexibility index (Phi) is 3.96. The van der Waals surface area contributed by atoms with Gasteiger partial charge in [0.15, 0.2) is 0 Å². The van der Waals surface area contributed by atoms with Gasteiger partial charge in [0.2, 0.25) is 5.82 Å². The Bertz CT molecular complexity index is 899. The first-order chi connectivity index (χ1) is 10.6. The number of fused-ring (bicyclic) bond motifs is 1. The molecule has 7 heteroatoms. The second kappa shape index (κ2) is 5.90. The fraction of sp³-hybridized carbons (Fsp3) is 0.133. The summed E-state index contributed by atoms with van der Waals surface area (Å²) in [6.07, 6.45) is 0. The van der Waals surface area contributed by atoms with E-state index >= 15 is 0 Å². The zero-order valence-corrected chi connectivity index (χ0v) is 13.1. The number of esters is 1. The van der Waals surface area contributed by atoms with E-state index < -0.39 is 5.97 Å². The number of ether oxygens (including phenoxy) is 1. The summed E-state index contributed by atoms with van der Waals surface area (Å²) in [6.45, 7) is 1.92. The summed E-state index contributed by atoms with van der Waals surface area (Å²) in [5.74, 6) is -0.716. The largest absolute Gasteiger partial charge is 0.460 e. The van der Waals surface area contributed by atoms with Crippen LogP contribution in [-0.2, 0) is 4.74 Å². The highest BCUT2D eigenvalue weighted by molar-refractivity contribution is 7.17. The molecule has 0 saturated heterocycles. The molecule has 0 aliphatic heterocycles. The molecular weight excluding hydrogens is 324 g/mol. The molecule has 0 bridgehead atoms. The van der Waals surface area contributed by atoms with Crippen LogP contribution in [0.25, 0.3) is 21.3 Å². The summed E-state index contributed by atoms with van der Waals surface area (Å²) in [5.41, 5.74) is 1.27. The minimum absolute atomic E-state index is 0.0798. The molecule has 3 aromatic rings. The van der Waals surface area contributed by atoms with Gasteiger partial charge < -0.3 is 9.72 Å². The second-order valence-electron chi connectivity index (χ2n) is 4.47. The molecule has 0 spiro atoms. The Hall–Kier alpha value is -2.18. The summed E-state index contributed by atoms with van der Waals surface area (Å²) in [4.78, 5) is 31.2. The van der Waals surface area contributed by atoms with Gasteiger partial charge in [-0.05, 0) is 24.6 Å². The molecule has 1 N–H and O–H groups in total. The Morgan fingerprint density at radius 1 is 1.36 bits per heavy atom. The number of benzene rings is 1. The van der Waals surface area contributed by atoms with E-state index in [4.69, 9.17) is 16.3 Å². The quantitative estimate of drug-likeness (QED) is 0.744. The third-order valence-corrected chi connectivity index (χ3v) is 4.19. The molecule has 0 saturated carbocycles. The lowest BCUT2D eigenvalue weighted by molar-refractivity contribution is 0.0512. The number of hydrogen-bond acceptors (Lipinski definition) is 5. The first-order valence-corrected chi connectivity index (χ1v) is 7.80. The predicted octanol–water partition coefficient (Wildman–Crippen LogP) is 3.48. The van der Waals surface area contributed by atoms with E-state index in [0.717, 1.165) is 11.1 Å². The van der Waals surface area contributed by atoms with Crippen LogP contribution in [0.2, 0.25) is 5.02 Å². The zero-order chi connectivity index (χ0) is 15.7. The van der Waals surface area contributed by atoms with Crippen LogP contribution in [0.4, 0.5) is 0 Å². The predicted molar refractivity (Wildman–Crippen MR) is 86.6 cm³/mol. The maximum absolute atomic E-state index is 12.3. The molecule has 2 heterocycles. The van der Waals surface area contributed by atoms with Gasteiger partial charge in [-0.1, -0.05) is 23.7 Å². The molecular formula is C15H11ClN2O3S. The first kappa shape index (κ1) is 14.7. The Morgan fingerprint density at radius 3 is 2.77 bits per heavy atom. The van der Waals surface area contributed by atoms with Crippen molar-refractivity contribution in [1.29, 1.82) is 0 Å². The molecule has 3 rings (SSSR count). The summed E-state index contributed by atoms with van der Waals surface area (Å²) < 4.78 is 4.85. The average molecular weight is 335 g/mol. The molecule has 0 atom stereocenters. The molecule has 0 aliphatic carbocycles. The van der Waals surface area contributed by atoms with Gasteiger partial charge >= 0.3 is 5.97 Å². The van der Waals surface area contributed by atoms with Crippen LogP contribution in [-0.4, -0.2) is 22.5 Å². The molecule has 0 fully saturated rings. The summed E-state index contributed by atoms with van der Waals surface area (Å²) in [7, 11) is 0. The summed E-state index contributed by atoms with van der Waals surface area (Å²) in [6, 6.07) is 7.19. The maximum atomic E-state index is 12.3. The fourth-order valence-electron chi connectivity index (χ4n) is 2.09. The number of H-pyrrole nitrogens is 1. The van der Waals surface area contributed by atoms with Gasteiger partial charge in [-0.2, -0.15) is 0 Å². The van der Waals surface area contributed by atoms with Crippen LogP contribution < -0.4 is 5.56 Å². The standard InChI is InChI=1S/C15H11ClN2O3S/c1-2-21-15(20)12-17-13(19)11-10(7-22-14(11)18-12)8-3-5-9(16)6-4-8/h3-7H,2H2,1H3,(H,17,18,19). The summed E-state index contributed by atoms with van der Waals surface area (Å²) in [5, 5.41) is 2.92. The Balaban J connectivity index is 2.14. The SMILES string of the molecule is CCOC(=O)c1nc2scc(-c3ccc(Cl)cc3)c2c(=O)[nH]1. The van der Waals surface area contributed by atoms with Crippen molar-refractivity contribution in [2.75, 3.05) is 6.61 Å². The molecule has 0 aliphatic rings. The van der Waals surface area contributed by atoms with E-state index in [1.54, 1.807) is 19.1 Å². The molecule has 2 aromatic heterocycles. The topological polar surface area (TPSA) is 72.0 Å². The van der Waals surface area contributed by atoms with E-state index in [2.05, 4.69) is 9.97 Å². The van der Waals surface area contributed by atoms with Crippen molar-refractivity contribution < 1.29 is 9.53 Å². The van der Waals surface area contributed by atoms with Crippen molar-refractivity contribution in [3.05, 3.63) is 50.8 Å². The number of aromatic amines is 1. The minimum atomic E-state index is -0.636. The van der Waals surface area contributed by atoms with E-state index in [1.165, 1.54) is 11.3 Å². The third kappa shape index (κ3) is 2.63. The number of nitrogens with zero attached hydrogens (tertiary/aromatic N) is 1. The third-order valence-electron chi connectivity index (χ3n) is 3.07. The fourth-order valence-corrected chi connectivity index (χ4v) is 3.16.